The molecule has 6 heteroatoms. The van der Waals surface area contributed by atoms with E-state index in [2.05, 4.69) is 31.1 Å². The molecule has 2 aromatic rings. The van der Waals surface area contributed by atoms with Gasteiger partial charge in [0, 0.05) is 10.7 Å². The van der Waals surface area contributed by atoms with Crippen LogP contribution in [-0.2, 0) is 5.54 Å². The first kappa shape index (κ1) is 13.2. The largest absolute Gasteiger partial charge is 0.337 e. The molecule has 2 rings (SSSR count). The molecule has 0 aliphatic rings. The number of nitrogens with two attached hydrogens (primary N) is 1. The Morgan fingerprint density at radius 3 is 2.72 bits per heavy atom. The van der Waals surface area contributed by atoms with Gasteiger partial charge in [-0.3, -0.25) is 4.98 Å². The van der Waals surface area contributed by atoms with E-state index in [0.29, 0.717) is 17.4 Å². The highest BCUT2D eigenvalue weighted by Gasteiger charge is 2.30. The van der Waals surface area contributed by atoms with Crippen molar-refractivity contribution in [1.29, 1.82) is 0 Å². The van der Waals surface area contributed by atoms with Crippen LogP contribution in [0.5, 0.6) is 0 Å². The highest BCUT2D eigenvalue weighted by Crippen LogP contribution is 2.28. The Labute approximate surface area is 114 Å². The maximum Gasteiger partial charge on any atom is 0.247 e. The molecule has 0 aliphatic carbocycles. The summed E-state index contributed by atoms with van der Waals surface area (Å²) < 4.78 is 6.10. The zero-order chi connectivity index (χ0) is 13.2. The van der Waals surface area contributed by atoms with E-state index in [-0.39, 0.29) is 0 Å². The van der Waals surface area contributed by atoms with Crippen molar-refractivity contribution < 1.29 is 4.52 Å². The second-order valence-electron chi connectivity index (χ2n) is 4.12. The molecule has 0 saturated carbocycles. The van der Waals surface area contributed by atoms with Gasteiger partial charge in [-0.15, -0.1) is 0 Å². The Morgan fingerprint density at radius 1 is 1.39 bits per heavy atom. The predicted octanol–water partition coefficient (Wildman–Crippen LogP) is 2.87. The van der Waals surface area contributed by atoms with Gasteiger partial charge in [0.1, 0.15) is 5.69 Å². The molecule has 0 fully saturated rings. The number of aromatic nitrogens is 3. The van der Waals surface area contributed by atoms with Crippen LogP contribution in [0, 0.1) is 0 Å². The first-order chi connectivity index (χ1) is 8.60. The van der Waals surface area contributed by atoms with Crippen molar-refractivity contribution in [3.8, 4) is 11.5 Å². The fourth-order valence-electron chi connectivity index (χ4n) is 1.62. The lowest BCUT2D eigenvalue weighted by molar-refractivity contribution is 0.268. The third-order valence-electron chi connectivity index (χ3n) is 3.08. The smallest absolute Gasteiger partial charge is 0.247 e. The average molecular weight is 311 g/mol. The third kappa shape index (κ3) is 2.30. The Morgan fingerprint density at radius 2 is 2.11 bits per heavy atom. The van der Waals surface area contributed by atoms with Crippen molar-refractivity contribution in [2.75, 3.05) is 0 Å². The molecule has 0 radical (unpaired) electrons. The van der Waals surface area contributed by atoms with Gasteiger partial charge in [-0.1, -0.05) is 19.0 Å². The molecule has 0 aliphatic heterocycles. The van der Waals surface area contributed by atoms with Crippen LogP contribution in [0.3, 0.4) is 0 Å². The Balaban J connectivity index is 2.40. The Hall–Kier alpha value is -1.27. The summed E-state index contributed by atoms with van der Waals surface area (Å²) in [7, 11) is 0. The maximum atomic E-state index is 6.22. The van der Waals surface area contributed by atoms with E-state index in [1.807, 2.05) is 26.0 Å². The number of hydrogen-bond donors (Lipinski definition) is 1. The van der Waals surface area contributed by atoms with Crippen molar-refractivity contribution >= 4 is 15.9 Å². The van der Waals surface area contributed by atoms with Crippen molar-refractivity contribution in [3.05, 3.63) is 28.7 Å². The fraction of sp³-hybridized carbons (Fsp3) is 0.417. The molecule has 0 aromatic carbocycles. The monoisotopic (exact) mass is 310 g/mol. The number of hydrogen-bond acceptors (Lipinski definition) is 5. The van der Waals surface area contributed by atoms with Gasteiger partial charge in [0.25, 0.3) is 0 Å². The van der Waals surface area contributed by atoms with E-state index in [1.165, 1.54) is 0 Å². The van der Waals surface area contributed by atoms with E-state index in [0.717, 1.165) is 17.3 Å². The minimum Gasteiger partial charge on any atom is -0.337 e. The molecule has 0 unspecified atom stereocenters. The van der Waals surface area contributed by atoms with Crippen molar-refractivity contribution in [1.82, 2.24) is 15.1 Å². The van der Waals surface area contributed by atoms with E-state index in [9.17, 15) is 0 Å². The van der Waals surface area contributed by atoms with Crippen molar-refractivity contribution in [3.63, 3.8) is 0 Å². The van der Waals surface area contributed by atoms with Crippen LogP contribution in [-0.4, -0.2) is 15.1 Å². The predicted molar refractivity (Wildman–Crippen MR) is 71.7 cm³/mol. The van der Waals surface area contributed by atoms with E-state index >= 15 is 0 Å². The number of pyridine rings is 1. The molecule has 0 atom stereocenters. The lowest BCUT2D eigenvalue weighted by Crippen LogP contribution is -2.35. The first-order valence-electron chi connectivity index (χ1n) is 5.84. The Kier molecular flexibility index (Phi) is 3.77. The van der Waals surface area contributed by atoms with E-state index in [4.69, 9.17) is 10.3 Å². The van der Waals surface area contributed by atoms with Crippen molar-refractivity contribution in [2.45, 2.75) is 32.2 Å². The van der Waals surface area contributed by atoms with Gasteiger partial charge in [0.05, 0.1) is 5.54 Å². The second-order valence-corrected chi connectivity index (χ2v) is 4.97. The fourth-order valence-corrected chi connectivity index (χ4v) is 2.06. The summed E-state index contributed by atoms with van der Waals surface area (Å²) in [4.78, 5) is 8.58. The molecule has 2 N–H and O–H groups in total. The Bertz CT molecular complexity index is 536. The maximum absolute atomic E-state index is 6.22. The minimum absolute atomic E-state index is 0.453. The molecule has 96 valence electrons. The lowest BCUT2D eigenvalue weighted by Gasteiger charge is -2.20. The van der Waals surface area contributed by atoms with Crippen LogP contribution in [0.4, 0.5) is 0 Å². The van der Waals surface area contributed by atoms with Crippen LogP contribution in [0.15, 0.2) is 27.3 Å². The highest BCUT2D eigenvalue weighted by molar-refractivity contribution is 9.10. The molecule has 18 heavy (non-hydrogen) atoms. The minimum atomic E-state index is -0.563. The molecule has 5 nitrogen and oxygen atoms in total. The molecule has 2 heterocycles. The summed E-state index contributed by atoms with van der Waals surface area (Å²) in [6.45, 7) is 4.01. The van der Waals surface area contributed by atoms with Crippen molar-refractivity contribution in [2.24, 2.45) is 5.73 Å². The summed E-state index contributed by atoms with van der Waals surface area (Å²) in [5.74, 6) is 0.911. The highest BCUT2D eigenvalue weighted by atomic mass is 79.9. The van der Waals surface area contributed by atoms with Crippen LogP contribution in [0.25, 0.3) is 11.5 Å². The first-order valence-corrected chi connectivity index (χ1v) is 6.64. The summed E-state index contributed by atoms with van der Waals surface area (Å²) in [5, 5.41) is 3.95. The average Bonchev–Trinajstić information content (AvgIpc) is 2.88. The van der Waals surface area contributed by atoms with Crippen LogP contribution in [0.2, 0.25) is 0 Å². The molecule has 0 amide bonds. The van der Waals surface area contributed by atoms with Crippen LogP contribution >= 0.6 is 15.9 Å². The molecule has 0 saturated heterocycles. The molecule has 2 aromatic heterocycles. The number of rotatable bonds is 4. The van der Waals surface area contributed by atoms with E-state index in [1.54, 1.807) is 6.20 Å². The summed E-state index contributed by atoms with van der Waals surface area (Å²) >= 11 is 3.41. The van der Waals surface area contributed by atoms with Gasteiger partial charge in [-0.2, -0.15) is 4.98 Å². The lowest BCUT2D eigenvalue weighted by atomic mass is 9.94. The summed E-state index contributed by atoms with van der Waals surface area (Å²) in [6.07, 6.45) is 3.18. The molecular weight excluding hydrogens is 296 g/mol. The van der Waals surface area contributed by atoms with E-state index < -0.39 is 5.54 Å². The molecule has 0 spiro atoms. The van der Waals surface area contributed by atoms with Gasteiger partial charge < -0.3 is 10.3 Å². The molecule has 0 bridgehead atoms. The van der Waals surface area contributed by atoms with Crippen LogP contribution in [0.1, 0.15) is 32.6 Å². The molecular formula is C12H15BrN4O. The van der Waals surface area contributed by atoms with Gasteiger partial charge in [0.2, 0.25) is 11.7 Å². The second kappa shape index (κ2) is 5.16. The summed E-state index contributed by atoms with van der Waals surface area (Å²) in [6, 6.07) is 3.72. The normalized spacial score (nSPS) is 11.8. The topological polar surface area (TPSA) is 77.8 Å². The quantitative estimate of drug-likeness (QED) is 0.939. The van der Waals surface area contributed by atoms with Gasteiger partial charge in [-0.05, 0) is 40.9 Å². The summed E-state index contributed by atoms with van der Waals surface area (Å²) in [5.41, 5.74) is 6.31. The van der Waals surface area contributed by atoms with Crippen LogP contribution < -0.4 is 5.73 Å². The number of nitrogens with zero attached hydrogens (tertiary/aromatic N) is 3. The van der Waals surface area contributed by atoms with Gasteiger partial charge in [-0.25, -0.2) is 0 Å². The van der Waals surface area contributed by atoms with Gasteiger partial charge >= 0.3 is 0 Å². The van der Waals surface area contributed by atoms with Gasteiger partial charge in [0.15, 0.2) is 0 Å². The standard InChI is InChI=1S/C12H15BrN4O/c1-3-12(14,4-2)11-16-10(17-18-11)9-8(13)6-5-7-15-9/h5-7H,3-4,14H2,1-2H3. The SMILES string of the molecule is CCC(N)(CC)c1nc(-c2ncccc2Br)no1. The zero-order valence-corrected chi connectivity index (χ0v) is 11.9. The number of halogens is 1. The third-order valence-corrected chi connectivity index (χ3v) is 3.72. The zero-order valence-electron chi connectivity index (χ0n) is 10.4.